The summed E-state index contributed by atoms with van der Waals surface area (Å²) in [6.45, 7) is 0. The zero-order valence-electron chi connectivity index (χ0n) is 33.9. The van der Waals surface area contributed by atoms with Gasteiger partial charge in [-0.25, -0.2) is 9.78 Å². The van der Waals surface area contributed by atoms with E-state index >= 15 is 0 Å². The Hall–Kier alpha value is -9.47. The van der Waals surface area contributed by atoms with Gasteiger partial charge < -0.3 is 61.5 Å². The van der Waals surface area contributed by atoms with Crippen molar-refractivity contribution in [3.05, 3.63) is 131 Å². The molecule has 1 unspecified atom stereocenters. The summed E-state index contributed by atoms with van der Waals surface area (Å²) in [5.41, 5.74) is 0.944. The van der Waals surface area contributed by atoms with Crippen molar-refractivity contribution >= 4 is 69.2 Å². The van der Waals surface area contributed by atoms with Gasteiger partial charge in [-0.15, -0.1) is 0 Å². The number of aromatic amines is 2. The van der Waals surface area contributed by atoms with E-state index in [1.807, 2.05) is 0 Å². The summed E-state index contributed by atoms with van der Waals surface area (Å²) in [5, 5.41) is 64.1. The highest BCUT2D eigenvalue weighted by Crippen LogP contribution is 2.40. The number of phenolic OH excluding ortho intramolecular Hbond substituents is 2. The first-order valence-electron chi connectivity index (χ1n) is 19.0. The fraction of sp³-hybridized carbons (Fsp3) is 0.0930. The second kappa shape index (κ2) is 18.7. The minimum atomic E-state index is -1.43. The van der Waals surface area contributed by atoms with Crippen LogP contribution in [-0.2, 0) is 11.2 Å². The number of methoxy groups -OCH3 is 2. The molecule has 0 bridgehead atoms. The zero-order chi connectivity index (χ0) is 46.4. The molecule has 1 atom stereocenters. The number of ether oxygens (including phenoxy) is 2. The highest BCUT2D eigenvalue weighted by molar-refractivity contribution is 6.10. The van der Waals surface area contributed by atoms with Crippen LogP contribution >= 0.6 is 0 Å². The van der Waals surface area contributed by atoms with Crippen LogP contribution in [-0.4, -0.2) is 102 Å². The molecule has 3 aromatic heterocycles. The molecule has 65 heavy (non-hydrogen) atoms. The van der Waals surface area contributed by atoms with Crippen LogP contribution < -0.4 is 36.1 Å². The molecule has 4 aromatic carbocycles. The van der Waals surface area contributed by atoms with Crippen LogP contribution in [0.25, 0.3) is 10.9 Å². The molecule has 3 heterocycles. The van der Waals surface area contributed by atoms with Gasteiger partial charge in [-0.3, -0.25) is 24.0 Å². The molecule has 5 amide bonds. The van der Waals surface area contributed by atoms with Crippen molar-refractivity contribution in [3.63, 3.8) is 0 Å². The van der Waals surface area contributed by atoms with Crippen molar-refractivity contribution in [2.24, 2.45) is 0 Å². The van der Waals surface area contributed by atoms with Gasteiger partial charge in [0.15, 0.2) is 23.0 Å². The maximum Gasteiger partial charge on any atom is 0.339 e. The number of nitrogens with zero attached hydrogens (tertiary/aromatic N) is 3. The fourth-order valence-corrected chi connectivity index (χ4v) is 6.45. The number of carbonyl (C=O) groups is 6. The molecule has 0 radical (unpaired) electrons. The standard InChI is InChI=1S/C43H36N10O12/c1-64-36-30(13-9-26(34(36)55)39(58)49-29-14-10-27(43(62)63)35(56)37(29)65-2)50-40(59)31-11-7-23(18-44-31)47-42(61)33(17-24-19-45-53-52-24)51-38(57)20-3-5-22(6-4-20)46-41(60)32-16-21-15-25(54)8-12-28(21)48-32/h3-16,18-19,33,48,54-56H,17H2,1-2H3,(H,46,60)(H,47,61)(H,49,58)(H,50,59)(H,51,57)(H,62,63)(H,45,52,53). The molecule has 22 nitrogen and oxygen atoms in total. The van der Waals surface area contributed by atoms with Crippen molar-refractivity contribution in [1.82, 2.24) is 30.7 Å². The number of amides is 5. The lowest BCUT2D eigenvalue weighted by atomic mass is 10.1. The molecule has 7 aromatic rings. The Morgan fingerprint density at radius 2 is 1.34 bits per heavy atom. The second-order valence-corrected chi connectivity index (χ2v) is 13.9. The molecule has 22 heteroatoms. The predicted octanol–water partition coefficient (Wildman–Crippen LogP) is 4.25. The van der Waals surface area contributed by atoms with E-state index in [9.17, 15) is 49.2 Å². The molecule has 11 N–H and O–H groups in total. The SMILES string of the molecule is COc1c(NC(=O)c2ccc(NC(=O)c3ccc(NC(=O)C(Cc4cn[nH]n4)NC(=O)c4ccc(NC(=O)c5cc6cc(O)ccc6[nH]5)cc4)cn3)c(OC)c2O)ccc(C(=O)O)c1O. The van der Waals surface area contributed by atoms with Gasteiger partial charge in [0.25, 0.3) is 23.6 Å². The first kappa shape index (κ1) is 43.6. The van der Waals surface area contributed by atoms with E-state index in [-0.39, 0.29) is 63.2 Å². The van der Waals surface area contributed by atoms with Crippen molar-refractivity contribution < 1.29 is 58.7 Å². The van der Waals surface area contributed by atoms with Crippen molar-refractivity contribution in [2.45, 2.75) is 12.5 Å². The number of fused-ring (bicyclic) bond motifs is 1. The molecule has 7 rings (SSSR count). The van der Waals surface area contributed by atoms with E-state index in [0.29, 0.717) is 22.3 Å². The summed E-state index contributed by atoms with van der Waals surface area (Å²) in [6, 6.07) is 18.4. The Balaban J connectivity index is 0.980. The lowest BCUT2D eigenvalue weighted by Crippen LogP contribution is -2.45. The number of hydrogen-bond acceptors (Lipinski definition) is 14. The van der Waals surface area contributed by atoms with Crippen LogP contribution in [0.4, 0.5) is 22.7 Å². The van der Waals surface area contributed by atoms with Gasteiger partial charge in [-0.1, -0.05) is 0 Å². The summed E-state index contributed by atoms with van der Waals surface area (Å²) in [5.74, 6) is -6.78. The Morgan fingerprint density at radius 3 is 1.97 bits per heavy atom. The maximum atomic E-state index is 13.6. The molecule has 0 saturated carbocycles. The summed E-state index contributed by atoms with van der Waals surface area (Å²) in [4.78, 5) is 84.7. The summed E-state index contributed by atoms with van der Waals surface area (Å²) in [6.07, 6.45) is 2.52. The van der Waals surface area contributed by atoms with E-state index in [0.717, 1.165) is 13.2 Å². The number of benzene rings is 4. The van der Waals surface area contributed by atoms with Crippen LogP contribution in [0, 0.1) is 0 Å². The molecule has 0 fully saturated rings. The van der Waals surface area contributed by atoms with Crippen molar-refractivity contribution in [1.29, 1.82) is 0 Å². The number of aromatic carboxylic acids is 1. The Labute approximate surface area is 365 Å². The minimum absolute atomic E-state index is 0.0504. The lowest BCUT2D eigenvalue weighted by Gasteiger charge is -2.18. The van der Waals surface area contributed by atoms with Crippen LogP contribution in [0.5, 0.6) is 28.7 Å². The number of H-pyrrole nitrogens is 2. The fourth-order valence-electron chi connectivity index (χ4n) is 6.45. The monoisotopic (exact) mass is 884 g/mol. The molecule has 0 aliphatic carbocycles. The third-order valence-corrected chi connectivity index (χ3v) is 9.66. The number of anilines is 4. The average Bonchev–Trinajstić information content (AvgIpc) is 3.97. The topological polar surface area (TPSA) is 332 Å². The normalized spacial score (nSPS) is 11.2. The highest BCUT2D eigenvalue weighted by atomic mass is 16.5. The minimum Gasteiger partial charge on any atom is -0.508 e. The van der Waals surface area contributed by atoms with E-state index in [2.05, 4.69) is 52.0 Å². The zero-order valence-corrected chi connectivity index (χ0v) is 33.9. The largest absolute Gasteiger partial charge is 0.508 e. The molecule has 0 spiro atoms. The third-order valence-electron chi connectivity index (χ3n) is 9.66. The first-order valence-corrected chi connectivity index (χ1v) is 19.0. The van der Waals surface area contributed by atoms with E-state index in [1.165, 1.54) is 86.2 Å². The number of phenols is 3. The van der Waals surface area contributed by atoms with Gasteiger partial charge in [-0.05, 0) is 84.9 Å². The number of pyridine rings is 1. The quantitative estimate of drug-likeness (QED) is 0.0686. The predicted molar refractivity (Wildman–Crippen MR) is 231 cm³/mol. The van der Waals surface area contributed by atoms with Crippen LogP contribution in [0.1, 0.15) is 57.7 Å². The first-order chi connectivity index (χ1) is 31.2. The van der Waals surface area contributed by atoms with E-state index in [1.54, 1.807) is 12.1 Å². The number of carboxylic acid groups (broad SMARTS) is 1. The number of aromatic hydroxyl groups is 3. The summed E-state index contributed by atoms with van der Waals surface area (Å²) in [7, 11) is 2.34. The molecule has 0 aliphatic heterocycles. The molecule has 0 saturated heterocycles. The lowest BCUT2D eigenvalue weighted by molar-refractivity contribution is -0.118. The van der Waals surface area contributed by atoms with Crippen molar-refractivity contribution in [2.75, 3.05) is 35.5 Å². The van der Waals surface area contributed by atoms with Crippen LogP contribution in [0.3, 0.4) is 0 Å². The maximum absolute atomic E-state index is 13.6. The van der Waals surface area contributed by atoms with Gasteiger partial charge in [0, 0.05) is 28.6 Å². The van der Waals surface area contributed by atoms with Gasteiger partial charge in [0.2, 0.25) is 5.91 Å². The molecule has 0 aliphatic rings. The van der Waals surface area contributed by atoms with Crippen LogP contribution in [0.2, 0.25) is 0 Å². The van der Waals surface area contributed by atoms with Crippen LogP contribution in [0.15, 0.2) is 97.3 Å². The molecule has 330 valence electrons. The number of aromatic nitrogens is 5. The number of hydrogen-bond donors (Lipinski definition) is 11. The third kappa shape index (κ3) is 9.70. The number of nitrogens with one attached hydrogen (secondary N) is 7. The van der Waals surface area contributed by atoms with Gasteiger partial charge in [-0.2, -0.15) is 15.4 Å². The number of carboxylic acids is 1. The Bertz CT molecular complexity index is 2970. The Morgan fingerprint density at radius 1 is 0.677 bits per heavy atom. The Kier molecular flexibility index (Phi) is 12.5. The van der Waals surface area contributed by atoms with Gasteiger partial charge in [0.1, 0.15) is 28.7 Å². The molecular formula is C43H36N10O12. The summed E-state index contributed by atoms with van der Waals surface area (Å²) < 4.78 is 10.4. The molecular weight excluding hydrogens is 849 g/mol. The second-order valence-electron chi connectivity index (χ2n) is 13.9. The van der Waals surface area contributed by atoms with E-state index in [4.69, 9.17) is 9.47 Å². The van der Waals surface area contributed by atoms with Gasteiger partial charge in [0.05, 0.1) is 54.9 Å². The van der Waals surface area contributed by atoms with Gasteiger partial charge >= 0.3 is 5.97 Å². The van der Waals surface area contributed by atoms with E-state index < -0.39 is 58.6 Å². The highest BCUT2D eigenvalue weighted by Gasteiger charge is 2.26. The number of rotatable bonds is 15. The smallest absolute Gasteiger partial charge is 0.339 e. The summed E-state index contributed by atoms with van der Waals surface area (Å²) >= 11 is 0. The average molecular weight is 885 g/mol. The number of carbonyl (C=O) groups excluding carboxylic acids is 5. The van der Waals surface area contributed by atoms with Crippen molar-refractivity contribution in [3.8, 4) is 28.7 Å².